The van der Waals surface area contributed by atoms with Crippen LogP contribution in [0.15, 0.2) is 12.4 Å². The molecule has 0 atom stereocenters. The van der Waals surface area contributed by atoms with E-state index in [1.807, 2.05) is 24.1 Å². The summed E-state index contributed by atoms with van der Waals surface area (Å²) in [5, 5.41) is 15.7. The van der Waals surface area contributed by atoms with E-state index < -0.39 is 0 Å². The summed E-state index contributed by atoms with van der Waals surface area (Å²) in [4.78, 5) is 0. The van der Waals surface area contributed by atoms with Gasteiger partial charge in [0.25, 0.3) is 0 Å². The Bertz CT molecular complexity index is 297. The van der Waals surface area contributed by atoms with Crippen LogP contribution in [0.5, 0.6) is 0 Å². The van der Waals surface area contributed by atoms with Crippen molar-refractivity contribution in [3.63, 3.8) is 0 Å². The maximum atomic E-state index is 8.31. The van der Waals surface area contributed by atoms with Crippen LogP contribution in [0.3, 0.4) is 0 Å². The molecule has 0 unspecified atom stereocenters. The van der Waals surface area contributed by atoms with E-state index in [0.717, 1.165) is 25.9 Å². The normalized spacial score (nSPS) is 10.0. The minimum absolute atomic E-state index is 0.639. The third-order valence-corrected chi connectivity index (χ3v) is 1.99. The quantitative estimate of drug-likeness (QED) is 0.680. The molecule has 0 fully saturated rings. The van der Waals surface area contributed by atoms with E-state index in [0.29, 0.717) is 6.42 Å². The van der Waals surface area contributed by atoms with E-state index >= 15 is 0 Å². The molecule has 0 spiro atoms. The molecule has 0 aliphatic rings. The second kappa shape index (κ2) is 6.17. The van der Waals surface area contributed by atoms with Crippen molar-refractivity contribution in [2.45, 2.75) is 19.3 Å². The van der Waals surface area contributed by atoms with Crippen molar-refractivity contribution in [3.05, 3.63) is 18.0 Å². The zero-order chi connectivity index (χ0) is 10.2. The van der Waals surface area contributed by atoms with Crippen molar-refractivity contribution in [1.82, 2.24) is 15.1 Å². The highest BCUT2D eigenvalue weighted by Crippen LogP contribution is 1.95. The Hall–Kier alpha value is -1.34. The van der Waals surface area contributed by atoms with Crippen LogP contribution in [0.25, 0.3) is 0 Å². The Labute approximate surface area is 84.5 Å². The first-order chi connectivity index (χ1) is 6.83. The Kier molecular flexibility index (Phi) is 4.73. The van der Waals surface area contributed by atoms with Crippen molar-refractivity contribution < 1.29 is 0 Å². The number of nitrogens with one attached hydrogen (secondary N) is 1. The van der Waals surface area contributed by atoms with Gasteiger partial charge >= 0.3 is 0 Å². The maximum absolute atomic E-state index is 8.31. The molecule has 1 heterocycles. The van der Waals surface area contributed by atoms with Gasteiger partial charge in [0.05, 0.1) is 12.3 Å². The van der Waals surface area contributed by atoms with Gasteiger partial charge in [-0.3, -0.25) is 4.68 Å². The van der Waals surface area contributed by atoms with Crippen molar-refractivity contribution in [3.8, 4) is 6.07 Å². The molecule has 1 N–H and O–H groups in total. The summed E-state index contributed by atoms with van der Waals surface area (Å²) >= 11 is 0. The molecule has 0 saturated heterocycles. The number of unbranched alkanes of at least 4 members (excludes halogenated alkanes) is 1. The predicted molar refractivity (Wildman–Crippen MR) is 54.6 cm³/mol. The summed E-state index contributed by atoms with van der Waals surface area (Å²) in [6, 6.07) is 2.13. The molecule has 0 saturated carbocycles. The van der Waals surface area contributed by atoms with Crippen molar-refractivity contribution >= 4 is 0 Å². The molecule has 0 amide bonds. The molecule has 0 aromatic carbocycles. The van der Waals surface area contributed by atoms with E-state index in [1.165, 1.54) is 5.56 Å². The highest BCUT2D eigenvalue weighted by molar-refractivity contribution is 5.03. The van der Waals surface area contributed by atoms with Crippen LogP contribution in [0.1, 0.15) is 18.4 Å². The Balaban J connectivity index is 2.02. The van der Waals surface area contributed by atoms with Gasteiger partial charge in [-0.2, -0.15) is 10.4 Å². The average Bonchev–Trinajstić information content (AvgIpc) is 2.58. The standard InChI is InChI=1S/C10H16N4/c1-14-9-10(8-13-14)4-7-12-6-3-2-5-11/h8-9,12H,2-4,6-7H2,1H3. The molecule has 1 rings (SSSR count). The fraction of sp³-hybridized carbons (Fsp3) is 0.600. The van der Waals surface area contributed by atoms with Crippen LogP contribution in [0, 0.1) is 11.3 Å². The Morgan fingerprint density at radius 2 is 2.43 bits per heavy atom. The number of aromatic nitrogens is 2. The average molecular weight is 192 g/mol. The summed E-state index contributed by atoms with van der Waals surface area (Å²) in [5.41, 5.74) is 1.25. The molecule has 0 bridgehead atoms. The lowest BCUT2D eigenvalue weighted by molar-refractivity contribution is 0.654. The van der Waals surface area contributed by atoms with Crippen LogP contribution in [-0.4, -0.2) is 22.9 Å². The zero-order valence-corrected chi connectivity index (χ0v) is 8.53. The summed E-state index contributed by atoms with van der Waals surface area (Å²) in [7, 11) is 1.92. The minimum atomic E-state index is 0.639. The Morgan fingerprint density at radius 3 is 3.07 bits per heavy atom. The van der Waals surface area contributed by atoms with Crippen molar-refractivity contribution in [1.29, 1.82) is 5.26 Å². The molecule has 4 nitrogen and oxygen atoms in total. The predicted octanol–water partition coefficient (Wildman–Crippen LogP) is 0.856. The zero-order valence-electron chi connectivity index (χ0n) is 8.53. The maximum Gasteiger partial charge on any atom is 0.0622 e. The lowest BCUT2D eigenvalue weighted by Gasteiger charge is -2.00. The molecule has 4 heteroatoms. The number of hydrogen-bond acceptors (Lipinski definition) is 3. The van der Waals surface area contributed by atoms with Crippen LogP contribution in [0.2, 0.25) is 0 Å². The smallest absolute Gasteiger partial charge is 0.0622 e. The molecule has 0 aliphatic heterocycles. The Morgan fingerprint density at radius 1 is 1.57 bits per heavy atom. The molecule has 1 aromatic rings. The molecular weight excluding hydrogens is 176 g/mol. The molecular formula is C10H16N4. The second-order valence-electron chi connectivity index (χ2n) is 3.28. The summed E-state index contributed by atoms with van der Waals surface area (Å²) in [6.07, 6.45) is 6.48. The van der Waals surface area contributed by atoms with E-state index in [2.05, 4.69) is 16.5 Å². The molecule has 0 aliphatic carbocycles. The first-order valence-electron chi connectivity index (χ1n) is 4.88. The minimum Gasteiger partial charge on any atom is -0.316 e. The van der Waals surface area contributed by atoms with Gasteiger partial charge in [-0.1, -0.05) is 0 Å². The number of rotatable bonds is 6. The van der Waals surface area contributed by atoms with Crippen molar-refractivity contribution in [2.75, 3.05) is 13.1 Å². The van der Waals surface area contributed by atoms with Gasteiger partial charge < -0.3 is 5.32 Å². The lowest BCUT2D eigenvalue weighted by atomic mass is 10.2. The van der Waals surface area contributed by atoms with E-state index in [4.69, 9.17) is 5.26 Å². The van der Waals surface area contributed by atoms with Gasteiger partial charge in [-0.25, -0.2) is 0 Å². The SMILES string of the molecule is Cn1cc(CCNCCCC#N)cn1. The third kappa shape index (κ3) is 4.06. The van der Waals surface area contributed by atoms with Gasteiger partial charge in [-0.05, 0) is 31.5 Å². The number of hydrogen-bond donors (Lipinski definition) is 1. The largest absolute Gasteiger partial charge is 0.316 e. The van der Waals surface area contributed by atoms with Crippen LogP contribution < -0.4 is 5.32 Å². The number of nitriles is 1. The summed E-state index contributed by atoms with van der Waals surface area (Å²) in [5.74, 6) is 0. The van der Waals surface area contributed by atoms with Gasteiger partial charge in [-0.15, -0.1) is 0 Å². The highest BCUT2D eigenvalue weighted by Gasteiger charge is 1.94. The monoisotopic (exact) mass is 192 g/mol. The van der Waals surface area contributed by atoms with E-state index in [9.17, 15) is 0 Å². The van der Waals surface area contributed by atoms with Crippen molar-refractivity contribution in [2.24, 2.45) is 7.05 Å². The van der Waals surface area contributed by atoms with Gasteiger partial charge in [0.15, 0.2) is 0 Å². The summed E-state index contributed by atoms with van der Waals surface area (Å²) in [6.45, 7) is 1.88. The van der Waals surface area contributed by atoms with Crippen LogP contribution in [0.4, 0.5) is 0 Å². The fourth-order valence-electron chi connectivity index (χ4n) is 1.25. The first-order valence-corrected chi connectivity index (χ1v) is 4.88. The first kappa shape index (κ1) is 10.7. The van der Waals surface area contributed by atoms with Crippen LogP contribution in [-0.2, 0) is 13.5 Å². The number of nitrogens with zero attached hydrogens (tertiary/aromatic N) is 3. The third-order valence-electron chi connectivity index (χ3n) is 1.99. The lowest BCUT2D eigenvalue weighted by Crippen LogP contribution is -2.18. The van der Waals surface area contributed by atoms with Gasteiger partial charge in [0.1, 0.15) is 0 Å². The van der Waals surface area contributed by atoms with Gasteiger partial charge in [0.2, 0.25) is 0 Å². The topological polar surface area (TPSA) is 53.6 Å². The number of aryl methyl sites for hydroxylation is 1. The molecule has 76 valence electrons. The summed E-state index contributed by atoms with van der Waals surface area (Å²) < 4.78 is 1.81. The van der Waals surface area contributed by atoms with E-state index in [1.54, 1.807) is 0 Å². The van der Waals surface area contributed by atoms with Crippen LogP contribution >= 0.6 is 0 Å². The van der Waals surface area contributed by atoms with E-state index in [-0.39, 0.29) is 0 Å². The molecule has 1 aromatic heterocycles. The fourth-order valence-corrected chi connectivity index (χ4v) is 1.25. The van der Waals surface area contributed by atoms with Gasteiger partial charge in [0, 0.05) is 19.7 Å². The molecule has 0 radical (unpaired) electrons. The molecule has 14 heavy (non-hydrogen) atoms. The second-order valence-corrected chi connectivity index (χ2v) is 3.28. The highest BCUT2D eigenvalue weighted by atomic mass is 15.2.